The summed E-state index contributed by atoms with van der Waals surface area (Å²) in [4.78, 5) is 16.1. The van der Waals surface area contributed by atoms with E-state index in [2.05, 4.69) is 10.3 Å². The molecule has 0 unspecified atom stereocenters. The number of aromatic nitrogens is 1. The van der Waals surface area contributed by atoms with Gasteiger partial charge in [-0.05, 0) is 30.7 Å². The summed E-state index contributed by atoms with van der Waals surface area (Å²) in [7, 11) is 0. The lowest BCUT2D eigenvalue weighted by molar-refractivity contribution is -0.113. The van der Waals surface area contributed by atoms with Crippen molar-refractivity contribution in [1.82, 2.24) is 4.98 Å². The van der Waals surface area contributed by atoms with Crippen LogP contribution in [0, 0.1) is 6.92 Å². The Kier molecular flexibility index (Phi) is 5.29. The second kappa shape index (κ2) is 6.97. The molecule has 0 atom stereocenters. The summed E-state index contributed by atoms with van der Waals surface area (Å²) in [5, 5.41) is 4.30. The van der Waals surface area contributed by atoms with Gasteiger partial charge in [0.15, 0.2) is 0 Å². The Morgan fingerprint density at radius 2 is 2.10 bits per heavy atom. The van der Waals surface area contributed by atoms with E-state index in [1.54, 1.807) is 24.4 Å². The molecule has 0 radical (unpaired) electrons. The van der Waals surface area contributed by atoms with Crippen LogP contribution < -0.4 is 5.32 Å². The lowest BCUT2D eigenvalue weighted by Gasteiger charge is -2.07. The van der Waals surface area contributed by atoms with Gasteiger partial charge in [-0.15, -0.1) is 0 Å². The van der Waals surface area contributed by atoms with Crippen molar-refractivity contribution in [3.8, 4) is 0 Å². The van der Waals surface area contributed by atoms with E-state index in [0.717, 1.165) is 10.6 Å². The van der Waals surface area contributed by atoms with E-state index in [9.17, 15) is 4.79 Å². The highest BCUT2D eigenvalue weighted by Crippen LogP contribution is 2.29. The lowest BCUT2D eigenvalue weighted by atomic mass is 10.3. The summed E-state index contributed by atoms with van der Waals surface area (Å²) < 4.78 is 0. The van der Waals surface area contributed by atoms with Gasteiger partial charge < -0.3 is 5.32 Å². The number of hydrogen-bond donors (Lipinski definition) is 1. The minimum Gasteiger partial charge on any atom is -0.324 e. The number of nitrogens with zero attached hydrogens (tertiary/aromatic N) is 1. The van der Waals surface area contributed by atoms with Crippen LogP contribution in [0.2, 0.25) is 10.0 Å². The highest BCUT2D eigenvalue weighted by atomic mass is 35.5. The number of anilines is 1. The van der Waals surface area contributed by atoms with E-state index in [-0.39, 0.29) is 11.7 Å². The first kappa shape index (κ1) is 15.2. The smallest absolute Gasteiger partial charge is 0.234 e. The third kappa shape index (κ3) is 4.13. The van der Waals surface area contributed by atoms with Gasteiger partial charge in [-0.3, -0.25) is 4.79 Å². The first-order chi connectivity index (χ1) is 9.56. The Labute approximate surface area is 131 Å². The molecule has 1 heterocycles. The average Bonchev–Trinajstić information content (AvgIpc) is 2.43. The number of hydrogen-bond acceptors (Lipinski definition) is 3. The first-order valence-corrected chi connectivity index (χ1v) is 7.60. The molecule has 1 aromatic carbocycles. The summed E-state index contributed by atoms with van der Waals surface area (Å²) in [6, 6.07) is 8.96. The Bertz CT molecular complexity index is 617. The van der Waals surface area contributed by atoms with E-state index in [4.69, 9.17) is 23.2 Å². The number of amides is 1. The molecule has 3 nitrogen and oxygen atoms in total. The van der Waals surface area contributed by atoms with Crippen molar-refractivity contribution >= 4 is 46.6 Å². The van der Waals surface area contributed by atoms with Crippen molar-refractivity contribution in [3.63, 3.8) is 0 Å². The van der Waals surface area contributed by atoms with Gasteiger partial charge in [-0.2, -0.15) is 0 Å². The van der Waals surface area contributed by atoms with Gasteiger partial charge in [0.1, 0.15) is 0 Å². The Morgan fingerprint density at radius 3 is 2.80 bits per heavy atom. The van der Waals surface area contributed by atoms with Crippen LogP contribution in [0.15, 0.2) is 41.6 Å². The van der Waals surface area contributed by atoms with Crippen LogP contribution in [-0.4, -0.2) is 16.6 Å². The zero-order valence-electron chi connectivity index (χ0n) is 10.7. The highest BCUT2D eigenvalue weighted by Gasteiger charge is 2.09. The molecule has 1 N–H and O–H groups in total. The van der Waals surface area contributed by atoms with Gasteiger partial charge in [-0.25, -0.2) is 4.98 Å². The summed E-state index contributed by atoms with van der Waals surface area (Å²) >= 11 is 13.3. The van der Waals surface area contributed by atoms with Crippen molar-refractivity contribution in [1.29, 1.82) is 0 Å². The molecule has 0 saturated carbocycles. The van der Waals surface area contributed by atoms with Crippen LogP contribution in [-0.2, 0) is 4.79 Å². The molecule has 0 aliphatic rings. The molecule has 104 valence electrons. The number of halogens is 2. The fourth-order valence-electron chi connectivity index (χ4n) is 1.47. The molecule has 2 aromatic rings. The number of carbonyl (C=O) groups is 1. The van der Waals surface area contributed by atoms with Crippen LogP contribution in [0.3, 0.4) is 0 Å². The molecule has 1 aromatic heterocycles. The second-order valence-electron chi connectivity index (χ2n) is 4.11. The van der Waals surface area contributed by atoms with Gasteiger partial charge in [0.05, 0.1) is 26.5 Å². The summed E-state index contributed by atoms with van der Waals surface area (Å²) in [6.45, 7) is 1.97. The molecule has 0 bridgehead atoms. The predicted octanol–water partition coefficient (Wildman–Crippen LogP) is 4.43. The molecule has 0 spiro atoms. The first-order valence-electron chi connectivity index (χ1n) is 5.85. The number of nitrogens with one attached hydrogen (secondary N) is 1. The van der Waals surface area contributed by atoms with Crippen molar-refractivity contribution in [2.24, 2.45) is 0 Å². The van der Waals surface area contributed by atoms with Crippen molar-refractivity contribution < 1.29 is 4.79 Å². The second-order valence-corrected chi connectivity index (χ2v) is 5.89. The predicted molar refractivity (Wildman–Crippen MR) is 84.8 cm³/mol. The maximum Gasteiger partial charge on any atom is 0.234 e. The summed E-state index contributed by atoms with van der Waals surface area (Å²) in [5.41, 5.74) is 1.60. The van der Waals surface area contributed by atoms with E-state index in [0.29, 0.717) is 15.7 Å². The largest absolute Gasteiger partial charge is 0.324 e. The summed E-state index contributed by atoms with van der Waals surface area (Å²) in [5.74, 6) is 0.111. The van der Waals surface area contributed by atoms with Gasteiger partial charge in [0.2, 0.25) is 5.91 Å². The third-order valence-electron chi connectivity index (χ3n) is 2.46. The van der Waals surface area contributed by atoms with Crippen LogP contribution in [0.5, 0.6) is 0 Å². The minimum absolute atomic E-state index is 0.151. The van der Waals surface area contributed by atoms with Crippen molar-refractivity contribution in [3.05, 3.63) is 52.1 Å². The maximum atomic E-state index is 11.9. The lowest BCUT2D eigenvalue weighted by Crippen LogP contribution is -2.14. The quantitative estimate of drug-likeness (QED) is 0.845. The Balaban J connectivity index is 1.92. The Morgan fingerprint density at radius 1 is 1.30 bits per heavy atom. The minimum atomic E-state index is -0.151. The molecule has 1 amide bonds. The molecular weight excluding hydrogens is 315 g/mol. The zero-order valence-corrected chi connectivity index (χ0v) is 13.0. The molecule has 20 heavy (non-hydrogen) atoms. The van der Waals surface area contributed by atoms with Gasteiger partial charge in [0, 0.05) is 6.20 Å². The fraction of sp³-hybridized carbons (Fsp3) is 0.143. The van der Waals surface area contributed by atoms with Gasteiger partial charge in [0.25, 0.3) is 0 Å². The standard InChI is InChI=1S/C14H12Cl2N2OS/c1-9-5-6-13(17-7-9)20-8-12(19)18-11-4-2-3-10(15)14(11)16/h2-7H,8H2,1H3,(H,18,19). The molecular formula is C14H12Cl2N2OS. The monoisotopic (exact) mass is 326 g/mol. The van der Waals surface area contributed by atoms with E-state index in [1.807, 2.05) is 19.1 Å². The average molecular weight is 327 g/mol. The SMILES string of the molecule is Cc1ccc(SCC(=O)Nc2cccc(Cl)c2Cl)nc1. The number of carbonyl (C=O) groups excluding carboxylic acids is 1. The highest BCUT2D eigenvalue weighted by molar-refractivity contribution is 7.99. The number of benzene rings is 1. The van der Waals surface area contributed by atoms with Gasteiger partial charge >= 0.3 is 0 Å². The third-order valence-corrected chi connectivity index (χ3v) is 4.22. The molecule has 2 rings (SSSR count). The summed E-state index contributed by atoms with van der Waals surface area (Å²) in [6.07, 6.45) is 1.77. The topological polar surface area (TPSA) is 42.0 Å². The fourth-order valence-corrected chi connectivity index (χ4v) is 2.46. The van der Waals surface area contributed by atoms with E-state index in [1.165, 1.54) is 11.8 Å². The number of thioether (sulfide) groups is 1. The number of rotatable bonds is 4. The number of aryl methyl sites for hydroxylation is 1. The normalized spacial score (nSPS) is 10.3. The maximum absolute atomic E-state index is 11.9. The van der Waals surface area contributed by atoms with Crippen molar-refractivity contribution in [2.45, 2.75) is 11.9 Å². The molecule has 0 saturated heterocycles. The van der Waals surface area contributed by atoms with E-state index < -0.39 is 0 Å². The molecule has 0 aliphatic heterocycles. The molecule has 0 aliphatic carbocycles. The molecule has 6 heteroatoms. The van der Waals surface area contributed by atoms with Crippen LogP contribution in [0.1, 0.15) is 5.56 Å². The van der Waals surface area contributed by atoms with Gasteiger partial charge in [-0.1, -0.05) is 47.1 Å². The Hall–Kier alpha value is -1.23. The van der Waals surface area contributed by atoms with Crippen LogP contribution in [0.4, 0.5) is 5.69 Å². The van der Waals surface area contributed by atoms with E-state index >= 15 is 0 Å². The molecule has 0 fully saturated rings. The zero-order chi connectivity index (χ0) is 14.5. The number of pyridine rings is 1. The van der Waals surface area contributed by atoms with Crippen molar-refractivity contribution in [2.75, 3.05) is 11.1 Å². The van der Waals surface area contributed by atoms with Crippen LogP contribution >= 0.6 is 35.0 Å². The van der Waals surface area contributed by atoms with Crippen LogP contribution in [0.25, 0.3) is 0 Å².